The Hall–Kier alpha value is -2.60. The lowest BCUT2D eigenvalue weighted by molar-refractivity contribution is 0.122. The summed E-state index contributed by atoms with van der Waals surface area (Å²) in [4.78, 5) is 6.70. The van der Waals surface area contributed by atoms with E-state index >= 15 is 0 Å². The summed E-state index contributed by atoms with van der Waals surface area (Å²) in [6.45, 7) is 8.23. The molecule has 0 spiro atoms. The molecule has 3 heterocycles. The molecule has 1 aromatic carbocycles. The molecule has 1 fully saturated rings. The highest BCUT2D eigenvalue weighted by Gasteiger charge is 2.12. The van der Waals surface area contributed by atoms with E-state index in [1.165, 1.54) is 11.3 Å². The van der Waals surface area contributed by atoms with Crippen molar-refractivity contribution in [3.63, 3.8) is 0 Å². The van der Waals surface area contributed by atoms with Gasteiger partial charge in [0.25, 0.3) is 5.71 Å². The molecule has 1 N–H and O–H groups in total. The first-order chi connectivity index (χ1) is 12.2. The maximum absolute atomic E-state index is 5.44. The van der Waals surface area contributed by atoms with Gasteiger partial charge in [0.1, 0.15) is 0 Å². The number of aromatic nitrogens is 2. The standard InChI is InChI=1S/C19H22N4O2/c1-13-3-4-16(23-5-7-24-8-6-23)10-18(13)20-11-15-9-17-14(2)22-25-19(17)21-12-15/h3-4,9-10,12,20H,5-8,11H2,1-2H3. The highest BCUT2D eigenvalue weighted by Crippen LogP contribution is 2.25. The van der Waals surface area contributed by atoms with Gasteiger partial charge in [0.05, 0.1) is 24.3 Å². The number of pyridine rings is 1. The highest BCUT2D eigenvalue weighted by atomic mass is 16.5. The maximum Gasteiger partial charge on any atom is 0.257 e. The Morgan fingerprint density at radius 3 is 2.84 bits per heavy atom. The van der Waals surface area contributed by atoms with E-state index in [2.05, 4.69) is 51.5 Å². The summed E-state index contributed by atoms with van der Waals surface area (Å²) >= 11 is 0. The van der Waals surface area contributed by atoms with E-state index in [-0.39, 0.29) is 0 Å². The zero-order chi connectivity index (χ0) is 17.2. The fourth-order valence-electron chi connectivity index (χ4n) is 3.10. The van der Waals surface area contributed by atoms with Crippen LogP contribution in [0.2, 0.25) is 0 Å². The number of nitrogens with zero attached hydrogens (tertiary/aromatic N) is 3. The van der Waals surface area contributed by atoms with E-state index in [9.17, 15) is 0 Å². The van der Waals surface area contributed by atoms with Crippen LogP contribution in [0.15, 0.2) is 35.0 Å². The maximum atomic E-state index is 5.44. The molecular weight excluding hydrogens is 316 g/mol. The van der Waals surface area contributed by atoms with Crippen molar-refractivity contribution in [2.45, 2.75) is 20.4 Å². The minimum Gasteiger partial charge on any atom is -0.381 e. The molecule has 1 aliphatic rings. The van der Waals surface area contributed by atoms with Gasteiger partial charge in [-0.2, -0.15) is 0 Å². The van der Waals surface area contributed by atoms with Gasteiger partial charge in [-0.15, -0.1) is 0 Å². The lowest BCUT2D eigenvalue weighted by Crippen LogP contribution is -2.36. The van der Waals surface area contributed by atoms with Gasteiger partial charge in [0, 0.05) is 37.2 Å². The minimum atomic E-state index is 0.590. The Balaban J connectivity index is 1.51. The van der Waals surface area contributed by atoms with E-state index in [4.69, 9.17) is 9.26 Å². The van der Waals surface area contributed by atoms with Crippen molar-refractivity contribution in [3.8, 4) is 0 Å². The molecule has 1 saturated heterocycles. The van der Waals surface area contributed by atoms with Crippen LogP contribution in [0.1, 0.15) is 16.8 Å². The molecule has 6 nitrogen and oxygen atoms in total. The SMILES string of the molecule is Cc1ccc(N2CCOCC2)cc1NCc1cnc2onc(C)c2c1. The second kappa shape index (κ2) is 6.72. The van der Waals surface area contributed by atoms with Crippen molar-refractivity contribution in [1.82, 2.24) is 10.1 Å². The van der Waals surface area contributed by atoms with Crippen molar-refractivity contribution in [2.75, 3.05) is 36.5 Å². The number of fused-ring (bicyclic) bond motifs is 1. The van der Waals surface area contributed by atoms with E-state index < -0.39 is 0 Å². The fourth-order valence-corrected chi connectivity index (χ4v) is 3.10. The van der Waals surface area contributed by atoms with Gasteiger partial charge in [-0.05, 0) is 43.2 Å². The Kier molecular flexibility index (Phi) is 4.28. The molecule has 1 aliphatic heterocycles. The van der Waals surface area contributed by atoms with E-state index in [0.717, 1.165) is 48.6 Å². The topological polar surface area (TPSA) is 63.4 Å². The number of benzene rings is 1. The van der Waals surface area contributed by atoms with Crippen LogP contribution < -0.4 is 10.2 Å². The summed E-state index contributed by atoms with van der Waals surface area (Å²) in [5.41, 5.74) is 6.18. The number of rotatable bonds is 4. The van der Waals surface area contributed by atoms with Crippen molar-refractivity contribution in [3.05, 3.63) is 47.3 Å². The third kappa shape index (κ3) is 3.30. The van der Waals surface area contributed by atoms with Crippen LogP contribution in [0.3, 0.4) is 0 Å². The fraction of sp³-hybridized carbons (Fsp3) is 0.368. The first-order valence-corrected chi connectivity index (χ1v) is 8.59. The predicted octanol–water partition coefficient (Wildman–Crippen LogP) is 3.29. The second-order valence-corrected chi connectivity index (χ2v) is 6.42. The third-order valence-electron chi connectivity index (χ3n) is 4.65. The van der Waals surface area contributed by atoms with Gasteiger partial charge in [0.15, 0.2) is 0 Å². The molecule has 6 heteroatoms. The number of nitrogens with one attached hydrogen (secondary N) is 1. The van der Waals surface area contributed by atoms with E-state index in [1.54, 1.807) is 0 Å². The van der Waals surface area contributed by atoms with E-state index in [1.807, 2.05) is 13.1 Å². The molecule has 130 valence electrons. The zero-order valence-electron chi connectivity index (χ0n) is 14.6. The number of morpholine rings is 1. The number of hydrogen-bond donors (Lipinski definition) is 1. The van der Waals surface area contributed by atoms with Gasteiger partial charge >= 0.3 is 0 Å². The van der Waals surface area contributed by atoms with Crippen LogP contribution in [0.5, 0.6) is 0 Å². The Bertz CT molecular complexity index is 884. The first-order valence-electron chi connectivity index (χ1n) is 8.59. The van der Waals surface area contributed by atoms with Crippen LogP contribution in [0, 0.1) is 13.8 Å². The Morgan fingerprint density at radius 1 is 1.16 bits per heavy atom. The van der Waals surface area contributed by atoms with Gasteiger partial charge in [-0.3, -0.25) is 0 Å². The van der Waals surface area contributed by atoms with Crippen LogP contribution in [0.25, 0.3) is 11.1 Å². The molecular formula is C19H22N4O2. The molecule has 0 saturated carbocycles. The van der Waals surface area contributed by atoms with Crippen molar-refractivity contribution >= 4 is 22.5 Å². The van der Waals surface area contributed by atoms with Gasteiger partial charge < -0.3 is 19.5 Å². The summed E-state index contributed by atoms with van der Waals surface area (Å²) in [7, 11) is 0. The largest absolute Gasteiger partial charge is 0.381 e. The quantitative estimate of drug-likeness (QED) is 0.787. The zero-order valence-corrected chi connectivity index (χ0v) is 14.6. The molecule has 0 aliphatic carbocycles. The summed E-state index contributed by atoms with van der Waals surface area (Å²) in [6.07, 6.45) is 1.83. The second-order valence-electron chi connectivity index (χ2n) is 6.42. The summed E-state index contributed by atoms with van der Waals surface area (Å²) in [6, 6.07) is 8.65. The van der Waals surface area contributed by atoms with Gasteiger partial charge in [0.2, 0.25) is 0 Å². The van der Waals surface area contributed by atoms with Crippen molar-refractivity contribution < 1.29 is 9.26 Å². The highest BCUT2D eigenvalue weighted by molar-refractivity contribution is 5.76. The molecule has 0 amide bonds. The monoisotopic (exact) mass is 338 g/mol. The molecule has 0 atom stereocenters. The Morgan fingerprint density at radius 2 is 2.00 bits per heavy atom. The average molecular weight is 338 g/mol. The van der Waals surface area contributed by atoms with Gasteiger partial charge in [-0.1, -0.05) is 11.2 Å². The normalized spacial score (nSPS) is 14.9. The Labute approximate surface area is 146 Å². The lowest BCUT2D eigenvalue weighted by atomic mass is 10.1. The molecule has 25 heavy (non-hydrogen) atoms. The molecule has 2 aromatic heterocycles. The van der Waals surface area contributed by atoms with Crippen LogP contribution >= 0.6 is 0 Å². The van der Waals surface area contributed by atoms with Crippen molar-refractivity contribution in [2.24, 2.45) is 0 Å². The molecule has 3 aromatic rings. The number of hydrogen-bond acceptors (Lipinski definition) is 6. The number of aryl methyl sites for hydroxylation is 2. The summed E-state index contributed by atoms with van der Waals surface area (Å²) in [5, 5.41) is 8.47. The van der Waals surface area contributed by atoms with Crippen LogP contribution in [0.4, 0.5) is 11.4 Å². The third-order valence-corrected chi connectivity index (χ3v) is 4.65. The molecule has 0 radical (unpaired) electrons. The summed E-state index contributed by atoms with van der Waals surface area (Å²) in [5.74, 6) is 0. The smallest absolute Gasteiger partial charge is 0.257 e. The minimum absolute atomic E-state index is 0.590. The lowest BCUT2D eigenvalue weighted by Gasteiger charge is -2.29. The molecule has 4 rings (SSSR count). The van der Waals surface area contributed by atoms with E-state index in [0.29, 0.717) is 12.3 Å². The first kappa shape index (κ1) is 15.9. The molecule has 0 unspecified atom stereocenters. The number of ether oxygens (including phenoxy) is 1. The van der Waals surface area contributed by atoms with Gasteiger partial charge in [-0.25, -0.2) is 4.98 Å². The van der Waals surface area contributed by atoms with Crippen molar-refractivity contribution in [1.29, 1.82) is 0 Å². The van der Waals surface area contributed by atoms with Crippen LogP contribution in [-0.2, 0) is 11.3 Å². The van der Waals surface area contributed by atoms with Crippen LogP contribution in [-0.4, -0.2) is 36.4 Å². The predicted molar refractivity (Wildman–Crippen MR) is 98.1 cm³/mol. The summed E-state index contributed by atoms with van der Waals surface area (Å²) < 4.78 is 10.6. The number of anilines is 2. The molecule has 0 bridgehead atoms. The average Bonchev–Trinajstić information content (AvgIpc) is 3.02.